The summed E-state index contributed by atoms with van der Waals surface area (Å²) in [6, 6.07) is 15.2. The number of pyridine rings is 1. The van der Waals surface area contributed by atoms with Gasteiger partial charge in [0, 0.05) is 28.8 Å². The normalized spacial score (nSPS) is 10.7. The zero-order valence-corrected chi connectivity index (χ0v) is 18.1. The van der Waals surface area contributed by atoms with E-state index in [-0.39, 0.29) is 12.2 Å². The predicted octanol–water partition coefficient (Wildman–Crippen LogP) is 4.10. The van der Waals surface area contributed by atoms with E-state index in [1.54, 1.807) is 41.1 Å². The summed E-state index contributed by atoms with van der Waals surface area (Å²) < 4.78 is 1.59. The van der Waals surface area contributed by atoms with E-state index < -0.39 is 5.91 Å². The summed E-state index contributed by atoms with van der Waals surface area (Å²) in [4.78, 5) is 29.7. The van der Waals surface area contributed by atoms with Crippen molar-refractivity contribution >= 4 is 40.7 Å². The smallest absolute Gasteiger partial charge is 0.257 e. The Kier molecular flexibility index (Phi) is 6.53. The number of ketones is 1. The Morgan fingerprint density at radius 2 is 1.75 bits per heavy atom. The highest BCUT2D eigenvalue weighted by molar-refractivity contribution is 6.31. The second kappa shape index (κ2) is 9.67. The molecule has 0 spiro atoms. The van der Waals surface area contributed by atoms with Gasteiger partial charge in [0.25, 0.3) is 5.91 Å². The molecule has 0 radical (unpaired) electrons. The van der Waals surface area contributed by atoms with Gasteiger partial charge in [0.1, 0.15) is 12.1 Å². The molecular weight excluding hydrogens is 451 g/mol. The zero-order chi connectivity index (χ0) is 22.5. The number of halogens is 2. The Morgan fingerprint density at radius 1 is 0.969 bits per heavy atom. The van der Waals surface area contributed by atoms with E-state index in [2.05, 4.69) is 25.8 Å². The molecule has 160 valence electrons. The number of carbonyl (C=O) groups excluding carboxylic acids is 2. The van der Waals surface area contributed by atoms with Crippen molar-refractivity contribution in [2.45, 2.75) is 13.0 Å². The van der Waals surface area contributed by atoms with E-state index in [0.29, 0.717) is 39.1 Å². The first-order chi connectivity index (χ1) is 15.5. The number of rotatable bonds is 7. The van der Waals surface area contributed by atoms with Crippen LogP contribution in [0.3, 0.4) is 0 Å². The molecule has 2 heterocycles. The summed E-state index contributed by atoms with van der Waals surface area (Å²) in [7, 11) is 0. The third-order valence-electron chi connectivity index (χ3n) is 4.65. The number of anilines is 1. The van der Waals surface area contributed by atoms with Gasteiger partial charge in [-0.05, 0) is 45.8 Å². The predicted molar refractivity (Wildman–Crippen MR) is 120 cm³/mol. The van der Waals surface area contributed by atoms with Crippen molar-refractivity contribution in [2.24, 2.45) is 0 Å². The summed E-state index contributed by atoms with van der Waals surface area (Å²) in [5.74, 6) is -0.198. The maximum atomic E-state index is 12.9. The first-order valence-electron chi connectivity index (χ1n) is 9.52. The Bertz CT molecular complexity index is 1240. The monoisotopic (exact) mass is 466 g/mol. The van der Waals surface area contributed by atoms with Gasteiger partial charge in [0.15, 0.2) is 5.78 Å². The third-order valence-corrected chi connectivity index (χ3v) is 5.11. The summed E-state index contributed by atoms with van der Waals surface area (Å²) in [6.45, 7) is 0.502. The van der Waals surface area contributed by atoms with Gasteiger partial charge in [-0.25, -0.2) is 9.67 Å². The number of hydrogen-bond donors (Lipinski definition) is 1. The van der Waals surface area contributed by atoms with Crippen LogP contribution in [-0.4, -0.2) is 36.9 Å². The topological polar surface area (TPSA) is 103 Å². The Morgan fingerprint density at radius 3 is 2.44 bits per heavy atom. The lowest BCUT2D eigenvalue weighted by molar-refractivity contribution is 0.0992. The largest absolute Gasteiger partial charge is 0.307 e. The molecule has 2 aromatic carbocycles. The van der Waals surface area contributed by atoms with Crippen LogP contribution < -0.4 is 5.32 Å². The van der Waals surface area contributed by atoms with Gasteiger partial charge < -0.3 is 5.32 Å². The molecule has 0 atom stereocenters. The number of nitrogens with one attached hydrogen (secondary N) is 1. The molecule has 0 aliphatic rings. The fraction of sp³-hybridized carbons (Fsp3) is 0.0909. The van der Waals surface area contributed by atoms with Crippen molar-refractivity contribution in [3.63, 3.8) is 0 Å². The average Bonchev–Trinajstić information content (AvgIpc) is 3.30. The lowest BCUT2D eigenvalue weighted by Crippen LogP contribution is -2.17. The van der Waals surface area contributed by atoms with Crippen LogP contribution >= 0.6 is 23.2 Å². The molecule has 0 saturated heterocycles. The molecule has 0 fully saturated rings. The van der Waals surface area contributed by atoms with Crippen LogP contribution in [0.4, 0.5) is 5.82 Å². The molecule has 0 aliphatic carbocycles. The molecule has 2 aromatic heterocycles. The Balaban J connectivity index is 1.49. The van der Waals surface area contributed by atoms with E-state index in [0.717, 1.165) is 5.56 Å². The highest BCUT2D eigenvalue weighted by atomic mass is 35.5. The molecular formula is C22H16Cl2N6O2. The number of nitrogens with zero attached hydrogens (tertiary/aromatic N) is 5. The van der Waals surface area contributed by atoms with E-state index >= 15 is 0 Å². The van der Waals surface area contributed by atoms with Crippen molar-refractivity contribution in [1.29, 1.82) is 0 Å². The number of amides is 1. The van der Waals surface area contributed by atoms with Crippen LogP contribution in [0.5, 0.6) is 0 Å². The second-order valence-corrected chi connectivity index (χ2v) is 7.79. The van der Waals surface area contributed by atoms with Gasteiger partial charge in [-0.15, -0.1) is 5.10 Å². The number of aromatic nitrogens is 5. The van der Waals surface area contributed by atoms with Crippen molar-refractivity contribution in [3.05, 3.63) is 99.4 Å². The van der Waals surface area contributed by atoms with Gasteiger partial charge in [0.05, 0.1) is 11.6 Å². The molecule has 0 saturated carbocycles. The molecule has 1 amide bonds. The zero-order valence-electron chi connectivity index (χ0n) is 16.6. The maximum absolute atomic E-state index is 12.9. The third kappa shape index (κ3) is 5.35. The number of hydrogen-bond acceptors (Lipinski definition) is 6. The molecule has 32 heavy (non-hydrogen) atoms. The molecule has 0 bridgehead atoms. The maximum Gasteiger partial charge on any atom is 0.257 e. The molecule has 4 rings (SSSR count). The van der Waals surface area contributed by atoms with E-state index in [1.807, 2.05) is 12.1 Å². The fourth-order valence-corrected chi connectivity index (χ4v) is 3.34. The van der Waals surface area contributed by atoms with Gasteiger partial charge in [0.2, 0.25) is 0 Å². The first-order valence-corrected chi connectivity index (χ1v) is 10.3. The average molecular weight is 467 g/mol. The van der Waals surface area contributed by atoms with Crippen LogP contribution in [-0.2, 0) is 13.0 Å². The number of Topliss-reactive ketones (excluding diaryl/α,β-unsaturated/α-hetero) is 1. The fourth-order valence-electron chi connectivity index (χ4n) is 3.06. The summed E-state index contributed by atoms with van der Waals surface area (Å²) in [5.41, 5.74) is 2.35. The van der Waals surface area contributed by atoms with Crippen molar-refractivity contribution < 1.29 is 9.59 Å². The number of benzene rings is 2. The minimum atomic E-state index is -0.415. The van der Waals surface area contributed by atoms with Gasteiger partial charge >= 0.3 is 0 Å². The van der Waals surface area contributed by atoms with Crippen molar-refractivity contribution in [2.75, 3.05) is 5.32 Å². The van der Waals surface area contributed by atoms with Crippen molar-refractivity contribution in [3.8, 4) is 0 Å². The van der Waals surface area contributed by atoms with E-state index in [4.69, 9.17) is 23.2 Å². The van der Waals surface area contributed by atoms with Crippen LogP contribution in [0.2, 0.25) is 10.0 Å². The minimum absolute atomic E-state index is 0.0420. The summed E-state index contributed by atoms with van der Waals surface area (Å²) in [5, 5.41) is 14.6. The highest BCUT2D eigenvalue weighted by Crippen LogP contribution is 2.20. The molecule has 10 heteroatoms. The summed E-state index contributed by atoms with van der Waals surface area (Å²) >= 11 is 11.9. The number of carbonyl (C=O) groups is 2. The molecule has 4 aromatic rings. The lowest BCUT2D eigenvalue weighted by Gasteiger charge is -2.11. The Labute approximate surface area is 193 Å². The van der Waals surface area contributed by atoms with Crippen LogP contribution in [0.1, 0.15) is 31.8 Å². The van der Waals surface area contributed by atoms with Gasteiger partial charge in [-0.3, -0.25) is 9.59 Å². The van der Waals surface area contributed by atoms with Crippen LogP contribution in [0, 0.1) is 0 Å². The number of tetrazole rings is 1. The molecule has 0 aliphatic heterocycles. The van der Waals surface area contributed by atoms with E-state index in [1.165, 1.54) is 18.6 Å². The molecule has 1 N–H and O–H groups in total. The lowest BCUT2D eigenvalue weighted by atomic mass is 9.97. The van der Waals surface area contributed by atoms with Crippen LogP contribution in [0.25, 0.3) is 0 Å². The van der Waals surface area contributed by atoms with Gasteiger partial charge in [-0.2, -0.15) is 0 Å². The first kappa shape index (κ1) is 21.6. The Hall–Kier alpha value is -3.62. The molecule has 0 unspecified atom stereocenters. The van der Waals surface area contributed by atoms with Crippen molar-refractivity contribution in [1.82, 2.24) is 25.2 Å². The van der Waals surface area contributed by atoms with Crippen LogP contribution in [0.15, 0.2) is 67.1 Å². The summed E-state index contributed by atoms with van der Waals surface area (Å²) in [6.07, 6.45) is 2.99. The van der Waals surface area contributed by atoms with E-state index in [9.17, 15) is 9.59 Å². The minimum Gasteiger partial charge on any atom is -0.307 e. The second-order valence-electron chi connectivity index (χ2n) is 6.92. The van der Waals surface area contributed by atoms with Gasteiger partial charge in [-0.1, -0.05) is 53.5 Å². The standard InChI is InChI=1S/C22H16Cl2N6O2/c23-17-6-5-16(19(10-17)22(32)27-21-8-7-18(24)11-25-21)9-20(31)15-3-1-14(2-4-15)12-30-13-26-28-29-30/h1-8,10-11,13H,9,12H2,(H,25,27,32). The quantitative estimate of drug-likeness (QED) is 0.411. The SMILES string of the molecule is O=C(Cc1ccc(Cl)cc1C(=O)Nc1ccc(Cl)cn1)c1ccc(Cn2cnnn2)cc1. The molecule has 8 nitrogen and oxygen atoms in total. The highest BCUT2D eigenvalue weighted by Gasteiger charge is 2.17.